The van der Waals surface area contributed by atoms with E-state index in [1.54, 1.807) is 0 Å². The Hall–Kier alpha value is -1.36. The number of aromatic nitrogens is 1. The van der Waals surface area contributed by atoms with Gasteiger partial charge in [0.1, 0.15) is 5.76 Å². The third-order valence-electron chi connectivity index (χ3n) is 2.74. The van der Waals surface area contributed by atoms with Crippen molar-refractivity contribution in [3.63, 3.8) is 0 Å². The fraction of sp³-hybridized carbons (Fsp3) is 0.667. The standard InChI is InChI=1S/C12H21N3O2/c1-4-10-9(11(5-2)17-15-10)7-14-8(3)6-12(13)16/h8,14H,4-7H2,1-3H3,(H2,13,16)/t8-/m0/s1. The van der Waals surface area contributed by atoms with Crippen molar-refractivity contribution >= 4 is 5.91 Å². The Morgan fingerprint density at radius 3 is 2.71 bits per heavy atom. The van der Waals surface area contributed by atoms with Crippen LogP contribution in [0.3, 0.4) is 0 Å². The van der Waals surface area contributed by atoms with Crippen molar-refractivity contribution in [2.45, 2.75) is 52.6 Å². The van der Waals surface area contributed by atoms with Gasteiger partial charge in [-0.25, -0.2) is 0 Å². The van der Waals surface area contributed by atoms with E-state index < -0.39 is 0 Å². The van der Waals surface area contributed by atoms with E-state index in [9.17, 15) is 4.79 Å². The maximum absolute atomic E-state index is 10.8. The Balaban J connectivity index is 2.61. The van der Waals surface area contributed by atoms with Crippen LogP contribution in [0.15, 0.2) is 4.52 Å². The maximum Gasteiger partial charge on any atom is 0.218 e. The van der Waals surface area contributed by atoms with Gasteiger partial charge in [-0.1, -0.05) is 19.0 Å². The van der Waals surface area contributed by atoms with Gasteiger partial charge in [0.2, 0.25) is 5.91 Å². The molecule has 17 heavy (non-hydrogen) atoms. The van der Waals surface area contributed by atoms with Gasteiger partial charge in [-0.2, -0.15) is 0 Å². The van der Waals surface area contributed by atoms with Gasteiger partial charge >= 0.3 is 0 Å². The Labute approximate surface area is 102 Å². The van der Waals surface area contributed by atoms with E-state index in [4.69, 9.17) is 10.3 Å². The molecule has 0 spiro atoms. The minimum absolute atomic E-state index is 0.0665. The molecule has 0 saturated heterocycles. The molecule has 0 fully saturated rings. The molecule has 1 amide bonds. The van der Waals surface area contributed by atoms with Crippen molar-refractivity contribution in [1.82, 2.24) is 10.5 Å². The molecule has 5 heteroatoms. The van der Waals surface area contributed by atoms with Gasteiger partial charge in [0.25, 0.3) is 0 Å². The first kappa shape index (κ1) is 13.7. The highest BCUT2D eigenvalue weighted by Gasteiger charge is 2.14. The number of carbonyl (C=O) groups excluding carboxylic acids is 1. The van der Waals surface area contributed by atoms with Gasteiger partial charge in [-0.05, 0) is 13.3 Å². The van der Waals surface area contributed by atoms with E-state index >= 15 is 0 Å². The van der Waals surface area contributed by atoms with Crippen molar-refractivity contribution in [2.24, 2.45) is 5.73 Å². The molecular formula is C12H21N3O2. The molecule has 1 heterocycles. The van der Waals surface area contributed by atoms with Crippen LogP contribution in [0.1, 0.15) is 44.2 Å². The van der Waals surface area contributed by atoms with Crippen molar-refractivity contribution in [3.8, 4) is 0 Å². The van der Waals surface area contributed by atoms with Crippen LogP contribution in [0.25, 0.3) is 0 Å². The van der Waals surface area contributed by atoms with E-state index in [2.05, 4.69) is 10.5 Å². The van der Waals surface area contributed by atoms with Crippen LogP contribution in [-0.4, -0.2) is 17.1 Å². The average Bonchev–Trinajstić information content (AvgIpc) is 2.67. The largest absolute Gasteiger partial charge is 0.370 e. The Morgan fingerprint density at radius 2 is 2.18 bits per heavy atom. The number of hydrogen-bond acceptors (Lipinski definition) is 4. The van der Waals surface area contributed by atoms with Crippen LogP contribution in [-0.2, 0) is 24.2 Å². The number of primary amides is 1. The zero-order valence-electron chi connectivity index (χ0n) is 10.7. The van der Waals surface area contributed by atoms with Gasteiger partial charge in [0.15, 0.2) is 0 Å². The van der Waals surface area contributed by atoms with Crippen LogP contribution in [0.4, 0.5) is 0 Å². The highest BCUT2D eigenvalue weighted by Crippen LogP contribution is 2.15. The first-order valence-electron chi connectivity index (χ1n) is 6.06. The second-order valence-electron chi connectivity index (χ2n) is 4.19. The molecule has 1 aromatic rings. The second kappa shape index (κ2) is 6.39. The third kappa shape index (κ3) is 3.85. The fourth-order valence-electron chi connectivity index (χ4n) is 1.79. The molecule has 0 saturated carbocycles. The van der Waals surface area contributed by atoms with Gasteiger partial charge < -0.3 is 15.6 Å². The lowest BCUT2D eigenvalue weighted by molar-refractivity contribution is -0.118. The number of nitrogens with two attached hydrogens (primary N) is 1. The van der Waals surface area contributed by atoms with Crippen LogP contribution < -0.4 is 11.1 Å². The van der Waals surface area contributed by atoms with Crippen LogP contribution in [0.5, 0.6) is 0 Å². The summed E-state index contributed by atoms with van der Waals surface area (Å²) >= 11 is 0. The minimum Gasteiger partial charge on any atom is -0.370 e. The summed E-state index contributed by atoms with van der Waals surface area (Å²) in [5.41, 5.74) is 7.25. The Bertz CT molecular complexity index is 352. The molecule has 0 unspecified atom stereocenters. The number of nitrogens with zero attached hydrogens (tertiary/aromatic N) is 1. The quantitative estimate of drug-likeness (QED) is 0.748. The molecule has 0 radical (unpaired) electrons. The number of rotatable bonds is 7. The zero-order valence-corrected chi connectivity index (χ0v) is 10.7. The lowest BCUT2D eigenvalue weighted by Gasteiger charge is -2.11. The molecule has 5 nitrogen and oxygen atoms in total. The van der Waals surface area contributed by atoms with Crippen LogP contribution in [0, 0.1) is 0 Å². The summed E-state index contributed by atoms with van der Waals surface area (Å²) in [7, 11) is 0. The monoisotopic (exact) mass is 239 g/mol. The lowest BCUT2D eigenvalue weighted by Crippen LogP contribution is -2.30. The summed E-state index contributed by atoms with van der Waals surface area (Å²) in [6.07, 6.45) is 2.02. The zero-order chi connectivity index (χ0) is 12.8. The summed E-state index contributed by atoms with van der Waals surface area (Å²) in [6, 6.07) is 0.0665. The molecule has 1 atom stereocenters. The van der Waals surface area contributed by atoms with Crippen LogP contribution in [0.2, 0.25) is 0 Å². The normalized spacial score (nSPS) is 12.6. The minimum atomic E-state index is -0.290. The number of carbonyl (C=O) groups is 1. The van der Waals surface area contributed by atoms with E-state index in [0.717, 1.165) is 29.9 Å². The smallest absolute Gasteiger partial charge is 0.218 e. The van der Waals surface area contributed by atoms with Gasteiger partial charge in [0.05, 0.1) is 5.69 Å². The molecule has 0 bridgehead atoms. The predicted octanol–water partition coefficient (Wildman–Crippen LogP) is 1.15. The molecule has 0 aliphatic heterocycles. The first-order valence-corrected chi connectivity index (χ1v) is 6.06. The Morgan fingerprint density at radius 1 is 1.47 bits per heavy atom. The highest BCUT2D eigenvalue weighted by atomic mass is 16.5. The van der Waals surface area contributed by atoms with Crippen molar-refractivity contribution in [1.29, 1.82) is 0 Å². The predicted molar refractivity (Wildman–Crippen MR) is 65.4 cm³/mol. The molecule has 96 valence electrons. The SMILES string of the molecule is CCc1noc(CC)c1CN[C@@H](C)CC(N)=O. The molecular weight excluding hydrogens is 218 g/mol. The molecule has 0 aliphatic carbocycles. The summed E-state index contributed by atoms with van der Waals surface area (Å²) in [4.78, 5) is 10.8. The summed E-state index contributed by atoms with van der Waals surface area (Å²) in [5.74, 6) is 0.627. The lowest BCUT2D eigenvalue weighted by atomic mass is 10.1. The third-order valence-corrected chi connectivity index (χ3v) is 2.74. The number of hydrogen-bond donors (Lipinski definition) is 2. The maximum atomic E-state index is 10.8. The van der Waals surface area contributed by atoms with Crippen molar-refractivity contribution < 1.29 is 9.32 Å². The van der Waals surface area contributed by atoms with Gasteiger partial charge in [-0.3, -0.25) is 4.79 Å². The van der Waals surface area contributed by atoms with E-state index in [1.165, 1.54) is 0 Å². The summed E-state index contributed by atoms with van der Waals surface area (Å²) in [6.45, 7) is 6.70. The molecule has 0 aromatic carbocycles. The Kier molecular flexibility index (Phi) is 5.15. The number of aryl methyl sites for hydroxylation is 2. The highest BCUT2D eigenvalue weighted by molar-refractivity contribution is 5.74. The van der Waals surface area contributed by atoms with Crippen molar-refractivity contribution in [3.05, 3.63) is 17.0 Å². The van der Waals surface area contributed by atoms with Crippen LogP contribution >= 0.6 is 0 Å². The van der Waals surface area contributed by atoms with Gasteiger partial charge in [-0.15, -0.1) is 0 Å². The van der Waals surface area contributed by atoms with E-state index in [-0.39, 0.29) is 11.9 Å². The fourth-order valence-corrected chi connectivity index (χ4v) is 1.79. The topological polar surface area (TPSA) is 81.2 Å². The second-order valence-corrected chi connectivity index (χ2v) is 4.19. The van der Waals surface area contributed by atoms with Gasteiger partial charge in [0, 0.05) is 31.0 Å². The summed E-state index contributed by atoms with van der Waals surface area (Å²) in [5, 5.41) is 7.30. The first-order chi connectivity index (χ1) is 8.08. The average molecular weight is 239 g/mol. The number of nitrogens with one attached hydrogen (secondary N) is 1. The molecule has 1 rings (SSSR count). The van der Waals surface area contributed by atoms with E-state index in [0.29, 0.717) is 13.0 Å². The molecule has 0 aliphatic rings. The summed E-state index contributed by atoms with van der Waals surface area (Å²) < 4.78 is 5.27. The number of amides is 1. The van der Waals surface area contributed by atoms with Crippen molar-refractivity contribution in [2.75, 3.05) is 0 Å². The molecule has 1 aromatic heterocycles. The van der Waals surface area contributed by atoms with E-state index in [1.807, 2.05) is 20.8 Å². The molecule has 3 N–H and O–H groups in total.